The van der Waals surface area contributed by atoms with Gasteiger partial charge in [-0.05, 0) is 13.0 Å². The van der Waals surface area contributed by atoms with Crippen molar-refractivity contribution < 1.29 is 4.42 Å². The first-order valence-electron chi connectivity index (χ1n) is 6.57. The molecule has 0 aliphatic heterocycles. The maximum atomic E-state index is 12.0. The van der Waals surface area contributed by atoms with Crippen LogP contribution in [0, 0.1) is 6.92 Å². The van der Waals surface area contributed by atoms with Crippen molar-refractivity contribution in [3.8, 4) is 11.3 Å². The Morgan fingerprint density at radius 1 is 1.19 bits per heavy atom. The standard InChI is InChI=1S/C16H11N3O2/c1-9-13-14(17-8-18-15(13)20)11-7-12(21-16(11)19-9)10-5-3-2-4-6-10/h2-8H,1H3,(H,17,18,20). The Hall–Kier alpha value is -2.95. The second-order valence-electron chi connectivity index (χ2n) is 4.85. The maximum absolute atomic E-state index is 12.0. The third-order valence-electron chi connectivity index (χ3n) is 3.51. The summed E-state index contributed by atoms with van der Waals surface area (Å²) in [5, 5.41) is 1.26. The fraction of sp³-hybridized carbons (Fsp3) is 0.0625. The number of fused-ring (bicyclic) bond motifs is 3. The average Bonchev–Trinajstić information content (AvgIpc) is 2.92. The monoisotopic (exact) mass is 277 g/mol. The number of pyridine rings is 1. The molecule has 102 valence electrons. The first-order chi connectivity index (χ1) is 10.2. The van der Waals surface area contributed by atoms with Crippen molar-refractivity contribution in [3.05, 3.63) is 58.8 Å². The predicted octanol–water partition coefficient (Wildman–Crippen LogP) is 3.04. The molecule has 5 nitrogen and oxygen atoms in total. The number of nitrogens with zero attached hydrogens (tertiary/aromatic N) is 2. The molecule has 0 aliphatic carbocycles. The SMILES string of the molecule is Cc1nc2oc(-c3ccccc3)cc2c2nc[nH]c(=O)c12. The number of H-pyrrole nitrogens is 1. The van der Waals surface area contributed by atoms with Crippen LogP contribution in [0.1, 0.15) is 5.69 Å². The summed E-state index contributed by atoms with van der Waals surface area (Å²) in [5.74, 6) is 0.715. The van der Waals surface area contributed by atoms with Crippen LogP contribution in [0.15, 0.2) is 51.9 Å². The minimum Gasteiger partial charge on any atom is -0.438 e. The zero-order valence-corrected chi connectivity index (χ0v) is 11.3. The number of furan rings is 1. The van der Waals surface area contributed by atoms with Crippen LogP contribution in [0.25, 0.3) is 33.3 Å². The predicted molar refractivity (Wildman–Crippen MR) is 80.1 cm³/mol. The summed E-state index contributed by atoms with van der Waals surface area (Å²) in [5.41, 5.74) is 2.51. The molecule has 0 aliphatic rings. The smallest absolute Gasteiger partial charge is 0.260 e. The molecule has 0 spiro atoms. The molecular formula is C16H11N3O2. The molecule has 0 saturated heterocycles. The van der Waals surface area contributed by atoms with Gasteiger partial charge in [-0.25, -0.2) is 9.97 Å². The Kier molecular flexibility index (Phi) is 2.41. The van der Waals surface area contributed by atoms with Crippen molar-refractivity contribution in [2.24, 2.45) is 0 Å². The molecule has 5 heteroatoms. The van der Waals surface area contributed by atoms with Crippen LogP contribution < -0.4 is 5.56 Å². The lowest BCUT2D eigenvalue weighted by molar-refractivity contribution is 0.618. The van der Waals surface area contributed by atoms with Gasteiger partial charge in [0.05, 0.1) is 28.3 Å². The number of aromatic nitrogens is 3. The molecule has 1 N–H and O–H groups in total. The minimum absolute atomic E-state index is 0.186. The summed E-state index contributed by atoms with van der Waals surface area (Å²) >= 11 is 0. The van der Waals surface area contributed by atoms with E-state index in [0.29, 0.717) is 28.1 Å². The molecule has 0 atom stereocenters. The summed E-state index contributed by atoms with van der Waals surface area (Å²) in [6.07, 6.45) is 1.40. The van der Waals surface area contributed by atoms with Gasteiger partial charge in [0, 0.05) is 5.56 Å². The van der Waals surface area contributed by atoms with E-state index in [1.165, 1.54) is 6.33 Å². The van der Waals surface area contributed by atoms with E-state index in [9.17, 15) is 4.79 Å². The lowest BCUT2D eigenvalue weighted by Crippen LogP contribution is -2.08. The number of aryl methyl sites for hydroxylation is 1. The van der Waals surface area contributed by atoms with Gasteiger partial charge in [0.15, 0.2) is 0 Å². The Morgan fingerprint density at radius 3 is 2.81 bits per heavy atom. The Balaban J connectivity index is 2.11. The fourth-order valence-corrected chi connectivity index (χ4v) is 2.53. The van der Waals surface area contributed by atoms with Gasteiger partial charge in [-0.2, -0.15) is 0 Å². The van der Waals surface area contributed by atoms with E-state index in [4.69, 9.17) is 4.42 Å². The first-order valence-corrected chi connectivity index (χ1v) is 6.57. The molecule has 0 saturated carbocycles. The minimum atomic E-state index is -0.186. The van der Waals surface area contributed by atoms with Crippen molar-refractivity contribution in [2.45, 2.75) is 6.92 Å². The van der Waals surface area contributed by atoms with Gasteiger partial charge < -0.3 is 9.40 Å². The molecule has 0 unspecified atom stereocenters. The van der Waals surface area contributed by atoms with E-state index >= 15 is 0 Å². The summed E-state index contributed by atoms with van der Waals surface area (Å²) in [6.45, 7) is 1.78. The van der Waals surface area contributed by atoms with Gasteiger partial charge in [0.1, 0.15) is 5.76 Å². The molecule has 0 radical (unpaired) electrons. The van der Waals surface area contributed by atoms with Crippen LogP contribution in [-0.4, -0.2) is 15.0 Å². The zero-order chi connectivity index (χ0) is 14.4. The molecule has 21 heavy (non-hydrogen) atoms. The Morgan fingerprint density at radius 2 is 2.00 bits per heavy atom. The van der Waals surface area contributed by atoms with Gasteiger partial charge >= 0.3 is 0 Å². The molecule has 4 rings (SSSR count). The molecular weight excluding hydrogens is 266 g/mol. The van der Waals surface area contributed by atoms with Crippen molar-refractivity contribution >= 4 is 22.0 Å². The molecule has 0 amide bonds. The van der Waals surface area contributed by atoms with Gasteiger partial charge in [0.25, 0.3) is 5.56 Å². The lowest BCUT2D eigenvalue weighted by Gasteiger charge is -1.99. The van der Waals surface area contributed by atoms with Crippen LogP contribution in [0.5, 0.6) is 0 Å². The van der Waals surface area contributed by atoms with Crippen LogP contribution in [-0.2, 0) is 0 Å². The van der Waals surface area contributed by atoms with Crippen molar-refractivity contribution in [1.29, 1.82) is 0 Å². The normalized spacial score (nSPS) is 11.3. The number of hydrogen-bond donors (Lipinski definition) is 1. The third-order valence-corrected chi connectivity index (χ3v) is 3.51. The van der Waals surface area contributed by atoms with Crippen molar-refractivity contribution in [1.82, 2.24) is 15.0 Å². The molecule has 1 aromatic carbocycles. The van der Waals surface area contributed by atoms with E-state index in [1.807, 2.05) is 36.4 Å². The fourth-order valence-electron chi connectivity index (χ4n) is 2.53. The number of rotatable bonds is 1. The first kappa shape index (κ1) is 11.8. The quantitative estimate of drug-likeness (QED) is 0.580. The molecule has 0 fully saturated rings. The van der Waals surface area contributed by atoms with Gasteiger partial charge in [-0.15, -0.1) is 0 Å². The topological polar surface area (TPSA) is 71.8 Å². The van der Waals surface area contributed by atoms with E-state index in [-0.39, 0.29) is 5.56 Å². The average molecular weight is 277 g/mol. The molecule has 4 aromatic rings. The van der Waals surface area contributed by atoms with E-state index < -0.39 is 0 Å². The summed E-state index contributed by atoms with van der Waals surface area (Å²) in [6, 6.07) is 11.7. The molecule has 0 bridgehead atoms. The largest absolute Gasteiger partial charge is 0.438 e. The van der Waals surface area contributed by atoms with Crippen LogP contribution in [0.2, 0.25) is 0 Å². The highest BCUT2D eigenvalue weighted by atomic mass is 16.3. The van der Waals surface area contributed by atoms with Crippen molar-refractivity contribution in [3.63, 3.8) is 0 Å². The lowest BCUT2D eigenvalue weighted by atomic mass is 10.1. The van der Waals surface area contributed by atoms with E-state index in [2.05, 4.69) is 15.0 Å². The number of benzene rings is 1. The van der Waals surface area contributed by atoms with Crippen molar-refractivity contribution in [2.75, 3.05) is 0 Å². The van der Waals surface area contributed by atoms with E-state index in [0.717, 1.165) is 10.9 Å². The summed E-state index contributed by atoms with van der Waals surface area (Å²) in [4.78, 5) is 23.2. The molecule has 3 aromatic heterocycles. The Labute approximate surface area is 119 Å². The van der Waals surface area contributed by atoms with Gasteiger partial charge in [-0.3, -0.25) is 4.79 Å². The summed E-state index contributed by atoms with van der Waals surface area (Å²) < 4.78 is 5.82. The molecule has 3 heterocycles. The summed E-state index contributed by atoms with van der Waals surface area (Å²) in [7, 11) is 0. The van der Waals surface area contributed by atoms with Crippen LogP contribution in [0.3, 0.4) is 0 Å². The number of aromatic amines is 1. The van der Waals surface area contributed by atoms with Gasteiger partial charge in [-0.1, -0.05) is 30.3 Å². The zero-order valence-electron chi connectivity index (χ0n) is 11.3. The second kappa shape index (κ2) is 4.28. The highest BCUT2D eigenvalue weighted by Crippen LogP contribution is 2.30. The third kappa shape index (κ3) is 1.74. The van der Waals surface area contributed by atoms with Crippen LogP contribution in [0.4, 0.5) is 0 Å². The van der Waals surface area contributed by atoms with Crippen LogP contribution >= 0.6 is 0 Å². The van der Waals surface area contributed by atoms with E-state index in [1.54, 1.807) is 6.92 Å². The number of hydrogen-bond acceptors (Lipinski definition) is 4. The maximum Gasteiger partial charge on any atom is 0.260 e. The Bertz CT molecular complexity index is 1020. The highest BCUT2D eigenvalue weighted by Gasteiger charge is 2.14. The van der Waals surface area contributed by atoms with Gasteiger partial charge in [0.2, 0.25) is 5.71 Å². The number of nitrogens with one attached hydrogen (secondary N) is 1. The second-order valence-corrected chi connectivity index (χ2v) is 4.85. The highest BCUT2D eigenvalue weighted by molar-refractivity contribution is 6.03.